The van der Waals surface area contributed by atoms with Crippen molar-refractivity contribution >= 4 is 23.2 Å². The van der Waals surface area contributed by atoms with E-state index in [1.54, 1.807) is 0 Å². The quantitative estimate of drug-likeness (QED) is 0.560. The number of hydrogen-bond acceptors (Lipinski definition) is 1. The molecule has 0 heterocycles. The molecule has 0 saturated carbocycles. The molecule has 0 bridgehead atoms. The molecule has 3 aromatic rings. The summed E-state index contributed by atoms with van der Waals surface area (Å²) in [5.41, 5.74) is 0. The average molecular weight is 320 g/mol. The molecular formula is C21H21OP. The van der Waals surface area contributed by atoms with Crippen LogP contribution in [0.1, 0.15) is 0 Å². The summed E-state index contributed by atoms with van der Waals surface area (Å²) in [6.07, 6.45) is 3.90. The first-order valence-electron chi connectivity index (χ1n) is 7.84. The van der Waals surface area contributed by atoms with E-state index in [4.69, 9.17) is 0 Å². The van der Waals surface area contributed by atoms with Gasteiger partial charge in [0.2, 0.25) is 0 Å². The second kappa shape index (κ2) is 7.26. The minimum atomic E-state index is -2.19. The molecule has 0 radical (unpaired) electrons. The first kappa shape index (κ1) is 15.5. The fraction of sp³-hybridized carbons (Fsp3) is 0.0476. The Balaban J connectivity index is 2.30. The molecule has 0 aliphatic rings. The number of benzene rings is 3. The molecule has 0 saturated heterocycles. The van der Waals surface area contributed by atoms with Crippen molar-refractivity contribution < 1.29 is 5.11 Å². The monoisotopic (exact) mass is 320 g/mol. The van der Waals surface area contributed by atoms with E-state index in [0.29, 0.717) is 0 Å². The Morgan fingerprint density at radius 2 is 0.957 bits per heavy atom. The van der Waals surface area contributed by atoms with E-state index in [0.717, 1.165) is 6.16 Å². The maximum absolute atomic E-state index is 9.31. The number of allylic oxidation sites excluding steroid dienone is 1. The zero-order valence-electron chi connectivity index (χ0n) is 13.0. The summed E-state index contributed by atoms with van der Waals surface area (Å²) in [6.45, 7) is 0. The molecule has 0 fully saturated rings. The summed E-state index contributed by atoms with van der Waals surface area (Å²) in [4.78, 5) is 0. The molecular weight excluding hydrogens is 299 g/mol. The van der Waals surface area contributed by atoms with Crippen LogP contribution in [-0.4, -0.2) is 11.3 Å². The van der Waals surface area contributed by atoms with Gasteiger partial charge < -0.3 is 0 Å². The molecule has 0 spiro atoms. The van der Waals surface area contributed by atoms with Crippen LogP contribution in [0.5, 0.6) is 0 Å². The van der Waals surface area contributed by atoms with E-state index >= 15 is 0 Å². The average Bonchev–Trinajstić information content (AvgIpc) is 2.65. The van der Waals surface area contributed by atoms with Crippen LogP contribution in [0.2, 0.25) is 0 Å². The van der Waals surface area contributed by atoms with Crippen molar-refractivity contribution in [2.24, 2.45) is 0 Å². The van der Waals surface area contributed by atoms with Crippen LogP contribution < -0.4 is 15.9 Å². The number of aliphatic hydroxyl groups is 1. The van der Waals surface area contributed by atoms with Gasteiger partial charge in [-0.3, -0.25) is 0 Å². The molecule has 0 aliphatic carbocycles. The number of hydrogen-bond donors (Lipinski definition) is 1. The standard InChI is InChI=1S/C21H21OP/c22-17-10-18-23(19-11-4-1-5-12-19,20-13-6-2-7-14-20)21-15-8-3-9-16-21/h1-17,22-23H,18H2/b17-10+. The number of rotatable bonds is 5. The van der Waals surface area contributed by atoms with Gasteiger partial charge in [-0.25, -0.2) is 0 Å². The zero-order valence-corrected chi connectivity index (χ0v) is 14.0. The van der Waals surface area contributed by atoms with Crippen LogP contribution in [0.4, 0.5) is 0 Å². The van der Waals surface area contributed by atoms with Crippen LogP contribution in [0.15, 0.2) is 103 Å². The Morgan fingerprint density at radius 1 is 0.609 bits per heavy atom. The van der Waals surface area contributed by atoms with Crippen LogP contribution >= 0.6 is 7.26 Å². The van der Waals surface area contributed by atoms with E-state index in [2.05, 4.69) is 91.0 Å². The second-order valence-electron chi connectivity index (χ2n) is 5.59. The second-order valence-corrected chi connectivity index (χ2v) is 9.54. The van der Waals surface area contributed by atoms with E-state index in [1.165, 1.54) is 22.2 Å². The molecule has 0 aromatic heterocycles. The van der Waals surface area contributed by atoms with Gasteiger partial charge in [-0.15, -0.1) is 0 Å². The van der Waals surface area contributed by atoms with Crippen LogP contribution in [0.3, 0.4) is 0 Å². The third-order valence-electron chi connectivity index (χ3n) is 4.33. The molecule has 0 atom stereocenters. The van der Waals surface area contributed by atoms with Gasteiger partial charge in [0.1, 0.15) is 0 Å². The van der Waals surface area contributed by atoms with E-state index in [1.807, 2.05) is 6.08 Å². The van der Waals surface area contributed by atoms with Crippen molar-refractivity contribution in [2.75, 3.05) is 6.16 Å². The Kier molecular flexibility index (Phi) is 4.90. The SMILES string of the molecule is O/C=C/C[PH](c1ccccc1)(c1ccccc1)c1ccccc1. The summed E-state index contributed by atoms with van der Waals surface area (Å²) in [5, 5.41) is 13.4. The summed E-state index contributed by atoms with van der Waals surface area (Å²) >= 11 is 0. The van der Waals surface area contributed by atoms with Gasteiger partial charge in [-0.2, -0.15) is 0 Å². The van der Waals surface area contributed by atoms with Crippen molar-refractivity contribution in [3.63, 3.8) is 0 Å². The fourth-order valence-corrected chi connectivity index (χ4v) is 7.70. The molecule has 1 N–H and O–H groups in total. The van der Waals surface area contributed by atoms with E-state index in [9.17, 15) is 5.11 Å². The van der Waals surface area contributed by atoms with E-state index in [-0.39, 0.29) is 0 Å². The van der Waals surface area contributed by atoms with E-state index < -0.39 is 7.26 Å². The Bertz CT molecular complexity index is 655. The van der Waals surface area contributed by atoms with Gasteiger partial charge in [0, 0.05) is 0 Å². The normalized spacial score (nSPS) is 12.3. The van der Waals surface area contributed by atoms with Crippen molar-refractivity contribution in [2.45, 2.75) is 0 Å². The molecule has 3 rings (SSSR count). The first-order chi connectivity index (χ1) is 11.4. The van der Waals surface area contributed by atoms with Gasteiger partial charge in [0.15, 0.2) is 0 Å². The molecule has 0 amide bonds. The molecule has 0 unspecified atom stereocenters. The predicted octanol–water partition coefficient (Wildman–Crippen LogP) is 3.78. The topological polar surface area (TPSA) is 20.2 Å². The Hall–Kier alpha value is -2.37. The third-order valence-corrected chi connectivity index (χ3v) is 9.13. The van der Waals surface area contributed by atoms with Crippen LogP contribution in [0.25, 0.3) is 0 Å². The Labute approximate surface area is 138 Å². The van der Waals surface area contributed by atoms with Gasteiger partial charge in [0.25, 0.3) is 0 Å². The number of aliphatic hydroxyl groups excluding tert-OH is 1. The van der Waals surface area contributed by atoms with Crippen molar-refractivity contribution in [1.29, 1.82) is 0 Å². The molecule has 1 nitrogen and oxygen atoms in total. The molecule has 23 heavy (non-hydrogen) atoms. The molecule has 3 aromatic carbocycles. The van der Waals surface area contributed by atoms with Crippen molar-refractivity contribution in [3.05, 3.63) is 103 Å². The zero-order chi connectivity index (χ0) is 16.0. The van der Waals surface area contributed by atoms with Gasteiger partial charge in [0.05, 0.1) is 0 Å². The van der Waals surface area contributed by atoms with Gasteiger partial charge >= 0.3 is 138 Å². The van der Waals surface area contributed by atoms with Gasteiger partial charge in [-0.1, -0.05) is 0 Å². The van der Waals surface area contributed by atoms with Crippen LogP contribution in [0, 0.1) is 0 Å². The molecule has 116 valence electrons. The molecule has 0 aliphatic heterocycles. The van der Waals surface area contributed by atoms with Gasteiger partial charge in [-0.05, 0) is 0 Å². The van der Waals surface area contributed by atoms with Crippen molar-refractivity contribution in [1.82, 2.24) is 0 Å². The summed E-state index contributed by atoms with van der Waals surface area (Å²) in [7, 11) is -2.19. The summed E-state index contributed by atoms with van der Waals surface area (Å²) in [6, 6.07) is 32.1. The van der Waals surface area contributed by atoms with Crippen LogP contribution in [-0.2, 0) is 0 Å². The fourth-order valence-electron chi connectivity index (χ4n) is 3.25. The summed E-state index contributed by atoms with van der Waals surface area (Å²) in [5.74, 6) is 0. The van der Waals surface area contributed by atoms with Crippen molar-refractivity contribution in [3.8, 4) is 0 Å². The predicted molar refractivity (Wildman–Crippen MR) is 103 cm³/mol. The molecule has 2 heteroatoms. The Morgan fingerprint density at radius 3 is 1.26 bits per heavy atom. The third kappa shape index (κ3) is 3.06. The first-order valence-corrected chi connectivity index (χ1v) is 10.0. The summed E-state index contributed by atoms with van der Waals surface area (Å²) < 4.78 is 0. The maximum atomic E-state index is 9.31. The minimum absolute atomic E-state index is 0.835.